The molecule has 0 amide bonds. The topological polar surface area (TPSA) is 21.3 Å². The molecule has 0 unspecified atom stereocenters. The molecular formula is C16H27NOS. The van der Waals surface area contributed by atoms with E-state index in [9.17, 15) is 0 Å². The fraction of sp³-hybridized carbons (Fsp3) is 0.625. The van der Waals surface area contributed by atoms with Crippen molar-refractivity contribution >= 4 is 11.8 Å². The first-order valence-corrected chi connectivity index (χ1v) is 8.20. The van der Waals surface area contributed by atoms with E-state index in [0.29, 0.717) is 0 Å². The number of nitrogens with one attached hydrogen (secondary N) is 1. The van der Waals surface area contributed by atoms with Gasteiger partial charge in [0.2, 0.25) is 0 Å². The molecule has 108 valence electrons. The Kier molecular flexibility index (Phi) is 8.97. The average molecular weight is 281 g/mol. The van der Waals surface area contributed by atoms with Crippen LogP contribution in [0.2, 0.25) is 0 Å². The van der Waals surface area contributed by atoms with Gasteiger partial charge in [0.05, 0.1) is 6.61 Å². The zero-order valence-electron chi connectivity index (χ0n) is 12.4. The van der Waals surface area contributed by atoms with Crippen molar-refractivity contribution in [1.82, 2.24) is 5.32 Å². The van der Waals surface area contributed by atoms with Crippen molar-refractivity contribution < 1.29 is 4.74 Å². The van der Waals surface area contributed by atoms with Crippen LogP contribution in [0.3, 0.4) is 0 Å². The van der Waals surface area contributed by atoms with Crippen LogP contribution in [0, 0.1) is 5.92 Å². The lowest BCUT2D eigenvalue weighted by Crippen LogP contribution is -2.18. The van der Waals surface area contributed by atoms with E-state index >= 15 is 0 Å². The maximum absolute atomic E-state index is 5.03. The highest BCUT2D eigenvalue weighted by atomic mass is 32.2. The molecule has 0 heterocycles. The van der Waals surface area contributed by atoms with Gasteiger partial charge in [0.25, 0.3) is 0 Å². The van der Waals surface area contributed by atoms with E-state index in [1.165, 1.54) is 29.1 Å². The summed E-state index contributed by atoms with van der Waals surface area (Å²) in [4.78, 5) is 1.39. The summed E-state index contributed by atoms with van der Waals surface area (Å²) in [7, 11) is 1.73. The summed E-state index contributed by atoms with van der Waals surface area (Å²) in [5.41, 5.74) is 1.35. The number of benzene rings is 1. The molecule has 0 saturated heterocycles. The second-order valence-corrected chi connectivity index (χ2v) is 5.90. The summed E-state index contributed by atoms with van der Waals surface area (Å²) >= 11 is 1.98. The Morgan fingerprint density at radius 1 is 1.26 bits per heavy atom. The van der Waals surface area contributed by atoms with E-state index in [4.69, 9.17) is 4.74 Å². The minimum atomic E-state index is 0.767. The van der Waals surface area contributed by atoms with Gasteiger partial charge in [-0.15, -0.1) is 11.8 Å². The summed E-state index contributed by atoms with van der Waals surface area (Å²) in [5.74, 6) is 2.07. The van der Waals surface area contributed by atoms with E-state index < -0.39 is 0 Å². The summed E-state index contributed by atoms with van der Waals surface area (Å²) in [5, 5.41) is 3.38. The SMILES string of the molecule is CCC(CC)CSc1cccc(CNCCOC)c1. The third-order valence-corrected chi connectivity index (χ3v) is 4.58. The third kappa shape index (κ3) is 7.00. The van der Waals surface area contributed by atoms with Crippen molar-refractivity contribution in [1.29, 1.82) is 0 Å². The Labute approximate surface area is 122 Å². The van der Waals surface area contributed by atoms with Crippen molar-refractivity contribution in [2.75, 3.05) is 26.0 Å². The molecule has 0 aliphatic carbocycles. The Balaban J connectivity index is 2.38. The molecule has 1 N–H and O–H groups in total. The summed E-state index contributed by atoms with van der Waals surface area (Å²) < 4.78 is 5.03. The zero-order chi connectivity index (χ0) is 13.9. The van der Waals surface area contributed by atoms with Crippen LogP contribution in [-0.2, 0) is 11.3 Å². The van der Waals surface area contributed by atoms with Gasteiger partial charge in [-0.05, 0) is 23.6 Å². The Bertz CT molecular complexity index is 339. The van der Waals surface area contributed by atoms with Gasteiger partial charge >= 0.3 is 0 Å². The largest absolute Gasteiger partial charge is 0.383 e. The molecule has 0 saturated carbocycles. The fourth-order valence-electron chi connectivity index (χ4n) is 1.89. The van der Waals surface area contributed by atoms with Crippen molar-refractivity contribution in [2.24, 2.45) is 5.92 Å². The normalized spacial score (nSPS) is 11.2. The van der Waals surface area contributed by atoms with Gasteiger partial charge in [-0.2, -0.15) is 0 Å². The van der Waals surface area contributed by atoms with Crippen molar-refractivity contribution in [2.45, 2.75) is 38.1 Å². The first-order chi connectivity index (χ1) is 9.30. The summed E-state index contributed by atoms with van der Waals surface area (Å²) in [6, 6.07) is 8.85. The second kappa shape index (κ2) is 10.3. The van der Waals surface area contributed by atoms with Gasteiger partial charge < -0.3 is 10.1 Å². The molecule has 1 aromatic carbocycles. The molecule has 0 aliphatic rings. The first-order valence-electron chi connectivity index (χ1n) is 7.21. The lowest BCUT2D eigenvalue weighted by atomic mass is 10.1. The zero-order valence-corrected chi connectivity index (χ0v) is 13.3. The molecule has 1 rings (SSSR count). The highest BCUT2D eigenvalue weighted by molar-refractivity contribution is 7.99. The monoisotopic (exact) mass is 281 g/mol. The quantitative estimate of drug-likeness (QED) is 0.518. The van der Waals surface area contributed by atoms with Gasteiger partial charge in [0.15, 0.2) is 0 Å². The lowest BCUT2D eigenvalue weighted by molar-refractivity contribution is 0.199. The predicted molar refractivity (Wildman–Crippen MR) is 84.8 cm³/mol. The fourth-order valence-corrected chi connectivity index (χ4v) is 3.20. The average Bonchev–Trinajstić information content (AvgIpc) is 2.45. The van der Waals surface area contributed by atoms with E-state index in [-0.39, 0.29) is 0 Å². The van der Waals surface area contributed by atoms with Gasteiger partial charge in [0, 0.05) is 30.8 Å². The van der Waals surface area contributed by atoms with Crippen molar-refractivity contribution in [3.05, 3.63) is 29.8 Å². The van der Waals surface area contributed by atoms with Crippen LogP contribution < -0.4 is 5.32 Å². The standard InChI is InChI=1S/C16H27NOS/c1-4-14(5-2)13-19-16-8-6-7-15(11-16)12-17-9-10-18-3/h6-8,11,14,17H,4-5,9-10,12-13H2,1-3H3. The van der Waals surface area contributed by atoms with Crippen molar-refractivity contribution in [3.8, 4) is 0 Å². The van der Waals surface area contributed by atoms with E-state index in [1.54, 1.807) is 7.11 Å². The van der Waals surface area contributed by atoms with Gasteiger partial charge in [-0.25, -0.2) is 0 Å². The molecule has 1 aromatic rings. The summed E-state index contributed by atoms with van der Waals surface area (Å²) in [6.45, 7) is 7.16. The van der Waals surface area contributed by atoms with Crippen LogP contribution >= 0.6 is 11.8 Å². The van der Waals surface area contributed by atoms with Crippen LogP contribution in [0.4, 0.5) is 0 Å². The molecule has 0 fully saturated rings. The molecule has 0 atom stereocenters. The Hall–Kier alpha value is -0.510. The molecule has 19 heavy (non-hydrogen) atoms. The number of ether oxygens (including phenoxy) is 1. The van der Waals surface area contributed by atoms with E-state index in [0.717, 1.165) is 25.6 Å². The Morgan fingerprint density at radius 3 is 2.74 bits per heavy atom. The molecule has 0 aromatic heterocycles. The third-order valence-electron chi connectivity index (χ3n) is 3.35. The molecule has 2 nitrogen and oxygen atoms in total. The maximum atomic E-state index is 5.03. The van der Waals surface area contributed by atoms with Gasteiger partial charge in [-0.1, -0.05) is 38.8 Å². The lowest BCUT2D eigenvalue weighted by Gasteiger charge is -2.12. The minimum absolute atomic E-state index is 0.767. The molecule has 0 aliphatic heterocycles. The molecular weight excluding hydrogens is 254 g/mol. The first kappa shape index (κ1) is 16.5. The number of methoxy groups -OCH3 is 1. The molecule has 0 spiro atoms. The van der Waals surface area contributed by atoms with Crippen LogP contribution in [0.15, 0.2) is 29.2 Å². The maximum Gasteiger partial charge on any atom is 0.0587 e. The van der Waals surface area contributed by atoms with E-state index in [2.05, 4.69) is 43.4 Å². The van der Waals surface area contributed by atoms with Crippen LogP contribution in [-0.4, -0.2) is 26.0 Å². The number of hydrogen-bond acceptors (Lipinski definition) is 3. The highest BCUT2D eigenvalue weighted by Gasteiger charge is 2.04. The molecule has 3 heteroatoms. The number of thioether (sulfide) groups is 1. The molecule has 0 radical (unpaired) electrons. The van der Waals surface area contributed by atoms with Crippen LogP contribution in [0.25, 0.3) is 0 Å². The second-order valence-electron chi connectivity index (χ2n) is 4.81. The van der Waals surface area contributed by atoms with Crippen LogP contribution in [0.5, 0.6) is 0 Å². The molecule has 0 bridgehead atoms. The van der Waals surface area contributed by atoms with Gasteiger partial charge in [0.1, 0.15) is 0 Å². The Morgan fingerprint density at radius 2 is 2.05 bits per heavy atom. The predicted octanol–water partition coefficient (Wildman–Crippen LogP) is 3.95. The van der Waals surface area contributed by atoms with E-state index in [1.807, 2.05) is 11.8 Å². The smallest absolute Gasteiger partial charge is 0.0587 e. The summed E-state index contributed by atoms with van der Waals surface area (Å²) in [6.07, 6.45) is 2.56. The van der Waals surface area contributed by atoms with Crippen molar-refractivity contribution in [3.63, 3.8) is 0 Å². The number of rotatable bonds is 10. The van der Waals surface area contributed by atoms with Crippen LogP contribution in [0.1, 0.15) is 32.3 Å². The van der Waals surface area contributed by atoms with Gasteiger partial charge in [-0.3, -0.25) is 0 Å². The highest BCUT2D eigenvalue weighted by Crippen LogP contribution is 2.24. The minimum Gasteiger partial charge on any atom is -0.383 e. The number of hydrogen-bond donors (Lipinski definition) is 1.